The summed E-state index contributed by atoms with van der Waals surface area (Å²) in [5, 5.41) is 29.8. The van der Waals surface area contributed by atoms with Gasteiger partial charge in [-0.25, -0.2) is 15.2 Å². The van der Waals surface area contributed by atoms with Gasteiger partial charge in [0.15, 0.2) is 5.69 Å². The third-order valence-electron chi connectivity index (χ3n) is 3.06. The highest BCUT2D eigenvalue weighted by atomic mass is 16.5. The lowest BCUT2D eigenvalue weighted by atomic mass is 10.2. The number of amides is 1. The van der Waals surface area contributed by atoms with Crippen molar-refractivity contribution >= 4 is 23.9 Å². The summed E-state index contributed by atoms with van der Waals surface area (Å²) in [6, 6.07) is 10.7. The van der Waals surface area contributed by atoms with E-state index in [4.69, 9.17) is 5.26 Å². The number of nitriles is 1. The van der Waals surface area contributed by atoms with Gasteiger partial charge in [0.1, 0.15) is 6.07 Å². The molecular formula is C17H15N7O4. The number of nitrogens with zero attached hydrogens (tertiary/aromatic N) is 5. The van der Waals surface area contributed by atoms with Crippen LogP contribution in [0, 0.1) is 11.3 Å². The lowest BCUT2D eigenvalue weighted by Crippen LogP contribution is -2.22. The van der Waals surface area contributed by atoms with Crippen LogP contribution in [0.1, 0.15) is 18.2 Å². The summed E-state index contributed by atoms with van der Waals surface area (Å²) in [6.45, 7) is 1.50. The average Bonchev–Trinajstić information content (AvgIpc) is 3.16. The second-order valence-electron chi connectivity index (χ2n) is 4.94. The fourth-order valence-corrected chi connectivity index (χ4v) is 1.80. The number of aromatic nitrogens is 2. The molecule has 0 unspecified atom stereocenters. The van der Waals surface area contributed by atoms with Crippen LogP contribution in [0.15, 0.2) is 63.4 Å². The lowest BCUT2D eigenvalue weighted by molar-refractivity contribution is -0.142. The Hall–Kier alpha value is -4.33. The molecule has 0 bridgehead atoms. The van der Waals surface area contributed by atoms with Gasteiger partial charge in [0.05, 0.1) is 19.1 Å². The number of hydrogen-bond acceptors (Lipinski definition) is 9. The number of aliphatic hydroxyl groups excluding tert-OH is 1. The molecule has 0 fully saturated rings. The van der Waals surface area contributed by atoms with Crippen molar-refractivity contribution in [2.75, 3.05) is 6.61 Å². The molecule has 0 saturated heterocycles. The van der Waals surface area contributed by atoms with Crippen LogP contribution in [0.2, 0.25) is 0 Å². The number of carbonyl (C=O) groups is 2. The molecule has 0 atom stereocenters. The quantitative estimate of drug-likeness (QED) is 0.165. The van der Waals surface area contributed by atoms with Crippen molar-refractivity contribution in [1.82, 2.24) is 15.4 Å². The number of hydrazone groups is 1. The van der Waals surface area contributed by atoms with Gasteiger partial charge in [0.25, 0.3) is 5.91 Å². The first-order chi connectivity index (χ1) is 13.6. The number of carbonyl (C=O) groups excluding carboxylic acids is 2. The van der Waals surface area contributed by atoms with Crippen LogP contribution >= 0.6 is 0 Å². The molecule has 2 rings (SSSR count). The number of H-pyrrole nitrogens is 1. The average molecular weight is 381 g/mol. The monoisotopic (exact) mass is 381 g/mol. The number of azo groups is 1. The topological polar surface area (TPSA) is 165 Å². The SMILES string of the molecule is CCOC(=O)/C(O)=C(/N=Nc1nc[nH]c1C#N)C(=O)NN=Cc1ccccc1. The molecule has 11 heteroatoms. The molecule has 0 radical (unpaired) electrons. The molecule has 0 spiro atoms. The van der Waals surface area contributed by atoms with Crippen LogP contribution in [0.5, 0.6) is 0 Å². The van der Waals surface area contributed by atoms with Gasteiger partial charge < -0.3 is 14.8 Å². The zero-order valence-corrected chi connectivity index (χ0v) is 14.7. The first-order valence-electron chi connectivity index (χ1n) is 7.90. The van der Waals surface area contributed by atoms with Crippen LogP contribution in [-0.4, -0.2) is 39.8 Å². The van der Waals surface area contributed by atoms with Crippen molar-refractivity contribution in [2.24, 2.45) is 15.3 Å². The van der Waals surface area contributed by atoms with E-state index in [2.05, 4.69) is 35.5 Å². The Kier molecular flexibility index (Phi) is 7.12. The minimum Gasteiger partial charge on any atom is -0.500 e. The summed E-state index contributed by atoms with van der Waals surface area (Å²) in [7, 11) is 0. The Morgan fingerprint density at radius 3 is 2.82 bits per heavy atom. The van der Waals surface area contributed by atoms with E-state index in [0.29, 0.717) is 5.56 Å². The summed E-state index contributed by atoms with van der Waals surface area (Å²) in [5.41, 5.74) is 2.07. The molecule has 142 valence electrons. The summed E-state index contributed by atoms with van der Waals surface area (Å²) in [4.78, 5) is 30.3. The lowest BCUT2D eigenvalue weighted by Gasteiger charge is -2.04. The number of ether oxygens (including phenoxy) is 1. The second kappa shape index (κ2) is 9.97. The molecule has 28 heavy (non-hydrogen) atoms. The van der Waals surface area contributed by atoms with E-state index in [1.165, 1.54) is 19.5 Å². The van der Waals surface area contributed by atoms with Gasteiger partial charge in [-0.1, -0.05) is 30.3 Å². The first kappa shape index (κ1) is 20.0. The van der Waals surface area contributed by atoms with E-state index < -0.39 is 23.3 Å². The third-order valence-corrected chi connectivity index (χ3v) is 3.06. The highest BCUT2D eigenvalue weighted by Gasteiger charge is 2.22. The van der Waals surface area contributed by atoms with Gasteiger partial charge in [0, 0.05) is 0 Å². The fraction of sp³-hybridized carbons (Fsp3) is 0.118. The normalized spacial score (nSPS) is 11.9. The van der Waals surface area contributed by atoms with E-state index in [0.717, 1.165) is 0 Å². The number of imidazole rings is 1. The Labute approximate surface area is 159 Å². The maximum atomic E-state index is 12.3. The summed E-state index contributed by atoms with van der Waals surface area (Å²) < 4.78 is 4.65. The predicted octanol–water partition coefficient (Wildman–Crippen LogP) is 1.85. The number of nitrogens with one attached hydrogen (secondary N) is 2. The molecule has 0 aliphatic carbocycles. The minimum absolute atomic E-state index is 0.0127. The number of hydrogen-bond donors (Lipinski definition) is 3. The Morgan fingerprint density at radius 2 is 2.14 bits per heavy atom. The van der Waals surface area contributed by atoms with Crippen molar-refractivity contribution in [3.63, 3.8) is 0 Å². The van der Waals surface area contributed by atoms with Crippen molar-refractivity contribution in [2.45, 2.75) is 6.92 Å². The number of aromatic amines is 1. The Morgan fingerprint density at radius 1 is 1.39 bits per heavy atom. The Bertz CT molecular complexity index is 971. The molecular weight excluding hydrogens is 366 g/mol. The van der Waals surface area contributed by atoms with E-state index in [9.17, 15) is 14.7 Å². The zero-order chi connectivity index (χ0) is 20.4. The van der Waals surface area contributed by atoms with Gasteiger partial charge in [-0.3, -0.25) is 4.79 Å². The van der Waals surface area contributed by atoms with Crippen LogP contribution < -0.4 is 5.43 Å². The highest BCUT2D eigenvalue weighted by Crippen LogP contribution is 2.16. The molecule has 2 aromatic rings. The maximum Gasteiger partial charge on any atom is 0.376 e. The fourth-order valence-electron chi connectivity index (χ4n) is 1.80. The number of benzene rings is 1. The Balaban J connectivity index is 2.26. The first-order valence-corrected chi connectivity index (χ1v) is 7.90. The van der Waals surface area contributed by atoms with Gasteiger partial charge in [-0.05, 0) is 12.5 Å². The minimum atomic E-state index is -1.17. The smallest absolute Gasteiger partial charge is 0.376 e. The van der Waals surface area contributed by atoms with Gasteiger partial charge in [-0.15, -0.1) is 10.2 Å². The summed E-state index contributed by atoms with van der Waals surface area (Å²) in [5.74, 6) is -3.37. The molecule has 0 aliphatic rings. The maximum absolute atomic E-state index is 12.3. The highest BCUT2D eigenvalue weighted by molar-refractivity contribution is 6.01. The molecule has 1 aromatic heterocycles. The largest absolute Gasteiger partial charge is 0.500 e. The summed E-state index contributed by atoms with van der Waals surface area (Å²) in [6.07, 6.45) is 2.56. The van der Waals surface area contributed by atoms with Crippen molar-refractivity contribution in [1.29, 1.82) is 5.26 Å². The molecule has 0 aliphatic heterocycles. The molecule has 3 N–H and O–H groups in total. The summed E-state index contributed by atoms with van der Waals surface area (Å²) >= 11 is 0. The van der Waals surface area contributed by atoms with Crippen molar-refractivity contribution < 1.29 is 19.4 Å². The van der Waals surface area contributed by atoms with E-state index in [-0.39, 0.29) is 18.1 Å². The van der Waals surface area contributed by atoms with Crippen molar-refractivity contribution in [3.05, 3.63) is 59.4 Å². The van der Waals surface area contributed by atoms with Crippen molar-refractivity contribution in [3.8, 4) is 6.07 Å². The zero-order valence-electron chi connectivity index (χ0n) is 14.7. The third kappa shape index (κ3) is 5.33. The van der Waals surface area contributed by atoms with Gasteiger partial charge in [0.2, 0.25) is 17.3 Å². The van der Waals surface area contributed by atoms with Crippen LogP contribution in [0.25, 0.3) is 0 Å². The van der Waals surface area contributed by atoms with Crippen LogP contribution in [0.4, 0.5) is 5.82 Å². The van der Waals surface area contributed by atoms with E-state index in [1.54, 1.807) is 30.3 Å². The number of aliphatic hydroxyl groups is 1. The molecule has 1 aromatic carbocycles. The molecule has 1 amide bonds. The van der Waals surface area contributed by atoms with Gasteiger partial charge >= 0.3 is 5.97 Å². The number of esters is 1. The van der Waals surface area contributed by atoms with E-state index >= 15 is 0 Å². The van der Waals surface area contributed by atoms with Crippen LogP contribution in [-0.2, 0) is 14.3 Å². The van der Waals surface area contributed by atoms with Gasteiger partial charge in [-0.2, -0.15) is 10.4 Å². The standard InChI is InChI=1S/C17H15N7O4/c1-2-28-17(27)14(25)13(22-23-15-12(8-18)19-10-20-15)16(26)24-21-9-11-6-4-3-5-7-11/h3-7,9-10,25H,2H2,1H3,(H,19,20)(H,24,26)/b14-13-,21-9?,23-22?. The second-order valence-corrected chi connectivity index (χ2v) is 4.94. The van der Waals surface area contributed by atoms with E-state index in [1.807, 2.05) is 6.07 Å². The number of rotatable bonds is 7. The molecule has 0 saturated carbocycles. The molecule has 11 nitrogen and oxygen atoms in total. The predicted molar refractivity (Wildman–Crippen MR) is 96.3 cm³/mol. The molecule has 1 heterocycles. The van der Waals surface area contributed by atoms with Crippen LogP contribution in [0.3, 0.4) is 0 Å².